The molecule has 0 bridgehead atoms. The minimum atomic E-state index is 0.290. The summed E-state index contributed by atoms with van der Waals surface area (Å²) in [5, 5.41) is 0. The van der Waals surface area contributed by atoms with Gasteiger partial charge in [0.25, 0.3) is 0 Å². The Bertz CT molecular complexity index is 626. The van der Waals surface area contributed by atoms with Crippen LogP contribution in [0.15, 0.2) is 22.7 Å². The number of rotatable bonds is 4. The Morgan fingerprint density at radius 3 is 2.79 bits per heavy atom. The zero-order chi connectivity index (χ0) is 13.0. The molecule has 2 aliphatic rings. The summed E-state index contributed by atoms with van der Waals surface area (Å²) in [6.07, 6.45) is 6.10. The van der Waals surface area contributed by atoms with Crippen molar-refractivity contribution >= 4 is 27.0 Å². The molecule has 3 nitrogen and oxygen atoms in total. The number of nitrogens with zero attached hydrogens (tertiary/aromatic N) is 2. The van der Waals surface area contributed by atoms with Crippen LogP contribution in [0.4, 0.5) is 0 Å². The first-order valence-electron chi connectivity index (χ1n) is 7.14. The SMILES string of the molecule is NC(Cc1nc2cc(Br)ccc2n1C1CC1)C1CC1. The van der Waals surface area contributed by atoms with Crippen LogP contribution in [0.5, 0.6) is 0 Å². The summed E-state index contributed by atoms with van der Waals surface area (Å²) in [7, 11) is 0. The average molecular weight is 320 g/mol. The van der Waals surface area contributed by atoms with Crippen molar-refractivity contribution in [1.82, 2.24) is 9.55 Å². The fraction of sp³-hybridized carbons (Fsp3) is 0.533. The van der Waals surface area contributed by atoms with Crippen LogP contribution >= 0.6 is 15.9 Å². The molecule has 1 unspecified atom stereocenters. The van der Waals surface area contributed by atoms with Crippen LogP contribution in [0.3, 0.4) is 0 Å². The van der Waals surface area contributed by atoms with Gasteiger partial charge in [-0.15, -0.1) is 0 Å². The van der Waals surface area contributed by atoms with E-state index >= 15 is 0 Å². The topological polar surface area (TPSA) is 43.8 Å². The monoisotopic (exact) mass is 319 g/mol. The third kappa shape index (κ3) is 2.21. The first-order chi connectivity index (χ1) is 9.22. The van der Waals surface area contributed by atoms with Crippen LogP contribution in [0.2, 0.25) is 0 Å². The smallest absolute Gasteiger partial charge is 0.111 e. The molecule has 4 heteroatoms. The molecule has 2 N–H and O–H groups in total. The highest BCUT2D eigenvalue weighted by Gasteiger charge is 2.32. The van der Waals surface area contributed by atoms with E-state index in [-0.39, 0.29) is 6.04 Å². The van der Waals surface area contributed by atoms with Crippen LogP contribution in [-0.4, -0.2) is 15.6 Å². The molecule has 19 heavy (non-hydrogen) atoms. The summed E-state index contributed by atoms with van der Waals surface area (Å²) >= 11 is 3.53. The third-order valence-electron chi connectivity index (χ3n) is 4.28. The molecule has 2 fully saturated rings. The molecule has 2 saturated carbocycles. The summed E-state index contributed by atoms with van der Waals surface area (Å²) in [5.74, 6) is 1.93. The van der Waals surface area contributed by atoms with E-state index in [1.165, 1.54) is 37.0 Å². The van der Waals surface area contributed by atoms with E-state index in [1.807, 2.05) is 0 Å². The van der Waals surface area contributed by atoms with E-state index < -0.39 is 0 Å². The number of imidazole rings is 1. The van der Waals surface area contributed by atoms with Gasteiger partial charge in [-0.3, -0.25) is 0 Å². The third-order valence-corrected chi connectivity index (χ3v) is 4.78. The highest BCUT2D eigenvalue weighted by molar-refractivity contribution is 9.10. The molecule has 4 rings (SSSR count). The summed E-state index contributed by atoms with van der Waals surface area (Å²) in [6.45, 7) is 0. The number of aromatic nitrogens is 2. The summed E-state index contributed by atoms with van der Waals surface area (Å²) < 4.78 is 3.53. The largest absolute Gasteiger partial charge is 0.327 e. The lowest BCUT2D eigenvalue weighted by atomic mass is 10.1. The van der Waals surface area contributed by atoms with Crippen molar-refractivity contribution in [3.05, 3.63) is 28.5 Å². The van der Waals surface area contributed by atoms with Crippen molar-refractivity contribution < 1.29 is 0 Å². The highest BCUT2D eigenvalue weighted by Crippen LogP contribution is 2.40. The zero-order valence-electron chi connectivity index (χ0n) is 10.8. The van der Waals surface area contributed by atoms with Gasteiger partial charge < -0.3 is 10.3 Å². The Labute approximate surface area is 121 Å². The summed E-state index contributed by atoms with van der Waals surface area (Å²) in [5.41, 5.74) is 8.65. The molecule has 100 valence electrons. The molecule has 0 aliphatic heterocycles. The lowest BCUT2D eigenvalue weighted by Gasteiger charge is -2.12. The Kier molecular flexibility index (Phi) is 2.71. The van der Waals surface area contributed by atoms with Gasteiger partial charge in [0.1, 0.15) is 5.82 Å². The fourth-order valence-corrected chi connectivity index (χ4v) is 3.26. The maximum Gasteiger partial charge on any atom is 0.111 e. The number of nitrogens with two attached hydrogens (primary N) is 1. The second-order valence-corrected chi connectivity index (χ2v) is 6.88. The van der Waals surface area contributed by atoms with Gasteiger partial charge in [0, 0.05) is 23.0 Å². The van der Waals surface area contributed by atoms with E-state index in [0.29, 0.717) is 6.04 Å². The molecule has 0 spiro atoms. The Morgan fingerprint density at radius 1 is 1.32 bits per heavy atom. The molecule has 0 saturated heterocycles. The van der Waals surface area contributed by atoms with E-state index in [1.54, 1.807) is 0 Å². The number of hydrogen-bond donors (Lipinski definition) is 1. The Hall–Kier alpha value is -0.870. The molecule has 0 amide bonds. The number of hydrogen-bond acceptors (Lipinski definition) is 2. The Morgan fingerprint density at radius 2 is 2.11 bits per heavy atom. The van der Waals surface area contributed by atoms with Crippen LogP contribution in [0, 0.1) is 5.92 Å². The number of fused-ring (bicyclic) bond motifs is 1. The molecule has 1 heterocycles. The lowest BCUT2D eigenvalue weighted by molar-refractivity contribution is 0.554. The van der Waals surface area contributed by atoms with E-state index in [0.717, 1.165) is 22.3 Å². The molecule has 2 aliphatic carbocycles. The van der Waals surface area contributed by atoms with Gasteiger partial charge in [-0.1, -0.05) is 15.9 Å². The fourth-order valence-electron chi connectivity index (χ4n) is 2.91. The van der Waals surface area contributed by atoms with Gasteiger partial charge >= 0.3 is 0 Å². The minimum absolute atomic E-state index is 0.290. The van der Waals surface area contributed by atoms with Gasteiger partial charge in [-0.2, -0.15) is 0 Å². The van der Waals surface area contributed by atoms with Crippen molar-refractivity contribution in [3.63, 3.8) is 0 Å². The van der Waals surface area contributed by atoms with E-state index in [9.17, 15) is 0 Å². The van der Waals surface area contributed by atoms with Crippen LogP contribution in [0.1, 0.15) is 37.5 Å². The van der Waals surface area contributed by atoms with Gasteiger partial charge in [0.15, 0.2) is 0 Å². The second kappa shape index (κ2) is 4.32. The van der Waals surface area contributed by atoms with Crippen LogP contribution in [-0.2, 0) is 6.42 Å². The maximum absolute atomic E-state index is 6.29. The maximum atomic E-state index is 6.29. The predicted octanol–water partition coefficient (Wildman–Crippen LogP) is 3.41. The summed E-state index contributed by atoms with van der Waals surface area (Å²) in [6, 6.07) is 7.34. The quantitative estimate of drug-likeness (QED) is 0.938. The molecule has 1 aromatic heterocycles. The van der Waals surface area contributed by atoms with Gasteiger partial charge in [0.2, 0.25) is 0 Å². The second-order valence-electron chi connectivity index (χ2n) is 5.97. The first kappa shape index (κ1) is 11.9. The molecule has 1 aromatic carbocycles. The number of benzene rings is 1. The minimum Gasteiger partial charge on any atom is -0.327 e. The van der Waals surface area contributed by atoms with Crippen molar-refractivity contribution in [2.75, 3.05) is 0 Å². The van der Waals surface area contributed by atoms with Crippen LogP contribution in [0.25, 0.3) is 11.0 Å². The van der Waals surface area contributed by atoms with Gasteiger partial charge in [-0.25, -0.2) is 4.98 Å². The summed E-state index contributed by atoms with van der Waals surface area (Å²) in [4.78, 5) is 4.84. The number of halogens is 1. The lowest BCUT2D eigenvalue weighted by Crippen LogP contribution is -2.26. The standard InChI is InChI=1S/C15H18BrN3/c16-10-3-6-14-13(7-10)18-15(19(14)11-4-5-11)8-12(17)9-1-2-9/h3,6-7,9,11-12H,1-2,4-5,8,17H2. The van der Waals surface area contributed by atoms with Gasteiger partial charge in [0.05, 0.1) is 11.0 Å². The Balaban J connectivity index is 1.76. The highest BCUT2D eigenvalue weighted by atomic mass is 79.9. The van der Waals surface area contributed by atoms with Gasteiger partial charge in [-0.05, 0) is 49.8 Å². The molecule has 2 aromatic rings. The predicted molar refractivity (Wildman–Crippen MR) is 80.1 cm³/mol. The molecular formula is C15H18BrN3. The average Bonchev–Trinajstić information content (AvgIpc) is 3.24. The van der Waals surface area contributed by atoms with E-state index in [4.69, 9.17) is 10.7 Å². The van der Waals surface area contributed by atoms with Crippen molar-refractivity contribution in [3.8, 4) is 0 Å². The van der Waals surface area contributed by atoms with E-state index in [2.05, 4.69) is 38.7 Å². The normalized spacial score (nSPS) is 20.9. The molecule has 0 radical (unpaired) electrons. The molecular weight excluding hydrogens is 302 g/mol. The molecule has 1 atom stereocenters. The van der Waals surface area contributed by atoms with Crippen molar-refractivity contribution in [2.24, 2.45) is 11.7 Å². The first-order valence-corrected chi connectivity index (χ1v) is 7.93. The van der Waals surface area contributed by atoms with Crippen molar-refractivity contribution in [2.45, 2.75) is 44.2 Å². The zero-order valence-corrected chi connectivity index (χ0v) is 12.4. The van der Waals surface area contributed by atoms with Crippen LogP contribution < -0.4 is 5.73 Å². The van der Waals surface area contributed by atoms with Crippen molar-refractivity contribution in [1.29, 1.82) is 0 Å².